The number of hydrogen-bond donors (Lipinski definition) is 1. The molecule has 1 fully saturated rings. The Balaban J connectivity index is 2.27. The third-order valence-electron chi connectivity index (χ3n) is 4.38. The van der Waals surface area contributed by atoms with Crippen LogP contribution in [0.5, 0.6) is 5.75 Å². The summed E-state index contributed by atoms with van der Waals surface area (Å²) in [5, 5.41) is 10.2. The van der Waals surface area contributed by atoms with Crippen LogP contribution in [0.2, 0.25) is 0 Å². The van der Waals surface area contributed by atoms with Crippen LogP contribution in [0.4, 0.5) is 4.39 Å². The molecule has 0 saturated carbocycles. The molecule has 4 heteroatoms. The maximum atomic E-state index is 13.7. The van der Waals surface area contributed by atoms with E-state index in [1.165, 1.54) is 25.8 Å². The van der Waals surface area contributed by atoms with Gasteiger partial charge in [0.1, 0.15) is 11.6 Å². The van der Waals surface area contributed by atoms with E-state index in [0.29, 0.717) is 18.2 Å². The van der Waals surface area contributed by atoms with Gasteiger partial charge in [0.25, 0.3) is 0 Å². The third-order valence-corrected chi connectivity index (χ3v) is 4.38. The van der Waals surface area contributed by atoms with Gasteiger partial charge in [-0.3, -0.25) is 9.69 Å². The van der Waals surface area contributed by atoms with Crippen LogP contribution in [0.3, 0.4) is 0 Å². The Kier molecular flexibility index (Phi) is 5.34. The predicted octanol–water partition coefficient (Wildman–Crippen LogP) is 3.89. The minimum atomic E-state index is -0.462. The Hall–Kier alpha value is -1.42. The summed E-state index contributed by atoms with van der Waals surface area (Å²) in [5.41, 5.74) is 0.591. The van der Waals surface area contributed by atoms with Gasteiger partial charge in [0, 0.05) is 18.2 Å². The van der Waals surface area contributed by atoms with Crippen LogP contribution in [0.25, 0.3) is 0 Å². The van der Waals surface area contributed by atoms with E-state index in [2.05, 4.69) is 11.8 Å². The quantitative estimate of drug-likeness (QED) is 0.856. The Bertz CT molecular complexity index is 516. The van der Waals surface area contributed by atoms with E-state index >= 15 is 0 Å². The highest BCUT2D eigenvalue weighted by molar-refractivity contribution is 5.97. The number of nitrogens with zero attached hydrogens (tertiary/aromatic N) is 1. The minimum Gasteiger partial charge on any atom is -0.507 e. The summed E-state index contributed by atoms with van der Waals surface area (Å²) < 4.78 is 13.7. The molecule has 1 aliphatic heterocycles. The molecule has 2 rings (SSSR count). The molecular weight excluding hydrogens is 269 g/mol. The number of phenols is 1. The molecule has 1 aliphatic rings. The first kappa shape index (κ1) is 16.0. The van der Waals surface area contributed by atoms with Gasteiger partial charge in [-0.15, -0.1) is 0 Å². The molecule has 1 aromatic carbocycles. The van der Waals surface area contributed by atoms with Gasteiger partial charge in [0.2, 0.25) is 0 Å². The zero-order chi connectivity index (χ0) is 15.4. The van der Waals surface area contributed by atoms with Gasteiger partial charge in [0.15, 0.2) is 5.78 Å². The van der Waals surface area contributed by atoms with Crippen molar-refractivity contribution in [3.63, 3.8) is 0 Å². The maximum absolute atomic E-state index is 13.7. The number of carbonyl (C=O) groups is 1. The second-order valence-corrected chi connectivity index (χ2v) is 5.90. The van der Waals surface area contributed by atoms with Gasteiger partial charge in [-0.2, -0.15) is 0 Å². The molecule has 0 spiro atoms. The molecule has 0 aromatic heterocycles. The standard InChI is InChI=1S/C17H24FNO2/c1-3-15-7-5-4-6-8-19(15)11-13-9-14(18)10-16(12(2)20)17(13)21/h9-10,15,21H,3-8,11H2,1-2H3. The number of phenolic OH excluding ortho intramolecular Hbond substituents is 1. The van der Waals surface area contributed by atoms with Crippen LogP contribution in [-0.2, 0) is 6.54 Å². The second kappa shape index (κ2) is 7.03. The molecule has 0 radical (unpaired) electrons. The number of Topliss-reactive ketones (excluding diaryl/α,β-unsaturated/α-hetero) is 1. The van der Waals surface area contributed by atoms with E-state index in [-0.39, 0.29) is 17.1 Å². The highest BCUT2D eigenvalue weighted by Gasteiger charge is 2.22. The molecule has 1 unspecified atom stereocenters. The fraction of sp³-hybridized carbons (Fsp3) is 0.588. The predicted molar refractivity (Wildman–Crippen MR) is 81.0 cm³/mol. The molecule has 3 nitrogen and oxygen atoms in total. The Morgan fingerprint density at radius 2 is 2.14 bits per heavy atom. The van der Waals surface area contributed by atoms with Crippen LogP contribution in [-0.4, -0.2) is 28.4 Å². The van der Waals surface area contributed by atoms with Crippen molar-refractivity contribution in [1.82, 2.24) is 4.90 Å². The highest BCUT2D eigenvalue weighted by Crippen LogP contribution is 2.28. The van der Waals surface area contributed by atoms with Gasteiger partial charge >= 0.3 is 0 Å². The molecular formula is C17H24FNO2. The number of aromatic hydroxyl groups is 1. The molecule has 116 valence electrons. The highest BCUT2D eigenvalue weighted by atomic mass is 19.1. The largest absolute Gasteiger partial charge is 0.507 e. The summed E-state index contributed by atoms with van der Waals surface area (Å²) >= 11 is 0. The lowest BCUT2D eigenvalue weighted by Crippen LogP contribution is -2.33. The summed E-state index contributed by atoms with van der Waals surface area (Å²) in [7, 11) is 0. The van der Waals surface area contributed by atoms with Crippen LogP contribution >= 0.6 is 0 Å². The number of ketones is 1. The number of carbonyl (C=O) groups excluding carboxylic acids is 1. The summed E-state index contributed by atoms with van der Waals surface area (Å²) in [5.74, 6) is -0.838. The fourth-order valence-corrected chi connectivity index (χ4v) is 3.17. The summed E-state index contributed by atoms with van der Waals surface area (Å²) in [6.45, 7) is 4.97. The van der Waals surface area contributed by atoms with E-state index in [0.717, 1.165) is 31.9 Å². The molecule has 1 saturated heterocycles. The average Bonchev–Trinajstić information content (AvgIpc) is 2.67. The van der Waals surface area contributed by atoms with Crippen molar-refractivity contribution in [3.8, 4) is 5.75 Å². The Labute approximate surface area is 125 Å². The van der Waals surface area contributed by atoms with Gasteiger partial charge < -0.3 is 5.11 Å². The maximum Gasteiger partial charge on any atom is 0.163 e. The van der Waals surface area contributed by atoms with Crippen molar-refractivity contribution in [1.29, 1.82) is 0 Å². The van der Waals surface area contributed by atoms with Crippen LogP contribution in [0.15, 0.2) is 12.1 Å². The Morgan fingerprint density at radius 1 is 1.38 bits per heavy atom. The number of likely N-dealkylation sites (tertiary alicyclic amines) is 1. The number of hydrogen-bond acceptors (Lipinski definition) is 3. The van der Waals surface area contributed by atoms with E-state index in [4.69, 9.17) is 0 Å². The van der Waals surface area contributed by atoms with Crippen LogP contribution < -0.4 is 0 Å². The SMILES string of the molecule is CCC1CCCCCN1Cc1cc(F)cc(C(C)=O)c1O. The normalized spacial score (nSPS) is 20.2. The molecule has 0 amide bonds. The molecule has 1 heterocycles. The van der Waals surface area contributed by atoms with Crippen molar-refractivity contribution in [3.05, 3.63) is 29.1 Å². The van der Waals surface area contributed by atoms with E-state index in [1.54, 1.807) is 0 Å². The number of rotatable bonds is 4. The van der Waals surface area contributed by atoms with Crippen molar-refractivity contribution in [2.45, 2.75) is 58.5 Å². The van der Waals surface area contributed by atoms with Crippen molar-refractivity contribution in [2.24, 2.45) is 0 Å². The van der Waals surface area contributed by atoms with E-state index in [9.17, 15) is 14.3 Å². The fourth-order valence-electron chi connectivity index (χ4n) is 3.17. The van der Waals surface area contributed by atoms with Gasteiger partial charge in [0.05, 0.1) is 5.56 Å². The smallest absolute Gasteiger partial charge is 0.163 e. The summed E-state index contributed by atoms with van der Waals surface area (Å²) in [4.78, 5) is 13.8. The third kappa shape index (κ3) is 3.82. The first-order valence-electron chi connectivity index (χ1n) is 7.79. The van der Waals surface area contributed by atoms with Crippen molar-refractivity contribution >= 4 is 5.78 Å². The summed E-state index contributed by atoms with van der Waals surface area (Å²) in [6, 6.07) is 2.93. The lowest BCUT2D eigenvalue weighted by atomic mass is 10.0. The minimum absolute atomic E-state index is 0.0667. The molecule has 1 aromatic rings. The zero-order valence-corrected chi connectivity index (χ0v) is 12.9. The van der Waals surface area contributed by atoms with Crippen molar-refractivity contribution in [2.75, 3.05) is 6.54 Å². The molecule has 1 atom stereocenters. The summed E-state index contributed by atoms with van der Waals surface area (Å²) in [6.07, 6.45) is 5.78. The lowest BCUT2D eigenvalue weighted by molar-refractivity contribution is 0.101. The second-order valence-electron chi connectivity index (χ2n) is 5.90. The molecule has 0 bridgehead atoms. The van der Waals surface area contributed by atoms with Gasteiger partial charge in [-0.1, -0.05) is 19.8 Å². The first-order valence-corrected chi connectivity index (χ1v) is 7.79. The van der Waals surface area contributed by atoms with Crippen LogP contribution in [0.1, 0.15) is 61.9 Å². The van der Waals surface area contributed by atoms with E-state index in [1.807, 2.05) is 0 Å². The van der Waals surface area contributed by atoms with E-state index < -0.39 is 5.82 Å². The van der Waals surface area contributed by atoms with Crippen molar-refractivity contribution < 1.29 is 14.3 Å². The zero-order valence-electron chi connectivity index (χ0n) is 12.9. The number of benzene rings is 1. The van der Waals surface area contributed by atoms with Crippen LogP contribution in [0, 0.1) is 5.82 Å². The average molecular weight is 293 g/mol. The van der Waals surface area contributed by atoms with Gasteiger partial charge in [-0.05, 0) is 44.9 Å². The number of halogens is 1. The monoisotopic (exact) mass is 293 g/mol. The topological polar surface area (TPSA) is 40.5 Å². The van der Waals surface area contributed by atoms with Gasteiger partial charge in [-0.25, -0.2) is 4.39 Å². The molecule has 1 N–H and O–H groups in total. The molecule has 0 aliphatic carbocycles. The molecule has 21 heavy (non-hydrogen) atoms. The lowest BCUT2D eigenvalue weighted by Gasteiger charge is -2.29. The first-order chi connectivity index (χ1) is 10.0. The Morgan fingerprint density at radius 3 is 2.81 bits per heavy atom.